The fourth-order valence-electron chi connectivity index (χ4n) is 4.53. The Kier molecular flexibility index (Phi) is 4.72. The molecule has 1 heterocycles. The Bertz CT molecular complexity index is 742. The van der Waals surface area contributed by atoms with Gasteiger partial charge < -0.3 is 9.31 Å². The van der Waals surface area contributed by atoms with Gasteiger partial charge in [0.05, 0.1) is 11.2 Å². The van der Waals surface area contributed by atoms with Gasteiger partial charge in [-0.1, -0.05) is 60.7 Å². The standard InChI is InChI=1S/C24H31BO2/c1-22(2)23(3,4)27-25(26-22)24(16-15-19-11-7-5-8-12-19)17-21(18-24)20-13-9-6-10-14-20/h5-14,21H,15-18H2,1-4H3. The Morgan fingerprint density at radius 3 is 1.89 bits per heavy atom. The summed E-state index contributed by atoms with van der Waals surface area (Å²) in [4.78, 5) is 0. The van der Waals surface area contributed by atoms with Crippen molar-refractivity contribution in [1.82, 2.24) is 0 Å². The van der Waals surface area contributed by atoms with Crippen molar-refractivity contribution in [2.45, 2.75) is 75.8 Å². The molecule has 0 spiro atoms. The van der Waals surface area contributed by atoms with E-state index in [1.807, 2.05) is 0 Å². The molecule has 27 heavy (non-hydrogen) atoms. The molecule has 0 amide bonds. The maximum atomic E-state index is 6.52. The van der Waals surface area contributed by atoms with Crippen molar-refractivity contribution in [3.63, 3.8) is 0 Å². The summed E-state index contributed by atoms with van der Waals surface area (Å²) in [5, 5.41) is 0.0986. The van der Waals surface area contributed by atoms with Gasteiger partial charge in [-0.05, 0) is 70.4 Å². The average molecular weight is 362 g/mol. The highest BCUT2D eigenvalue weighted by molar-refractivity contribution is 6.50. The molecule has 1 saturated carbocycles. The molecule has 1 aliphatic carbocycles. The van der Waals surface area contributed by atoms with E-state index in [1.54, 1.807) is 0 Å². The number of hydrogen-bond acceptors (Lipinski definition) is 2. The van der Waals surface area contributed by atoms with Crippen molar-refractivity contribution in [3.8, 4) is 0 Å². The van der Waals surface area contributed by atoms with Crippen molar-refractivity contribution < 1.29 is 9.31 Å². The van der Waals surface area contributed by atoms with Crippen LogP contribution in [-0.4, -0.2) is 18.3 Å². The van der Waals surface area contributed by atoms with Crippen LogP contribution in [0.3, 0.4) is 0 Å². The second-order valence-corrected chi connectivity index (χ2v) is 9.45. The molecule has 2 aromatic rings. The smallest absolute Gasteiger partial charge is 0.403 e. The van der Waals surface area contributed by atoms with E-state index in [0.717, 1.165) is 25.7 Å². The second kappa shape index (κ2) is 6.79. The van der Waals surface area contributed by atoms with Gasteiger partial charge >= 0.3 is 7.12 Å². The second-order valence-electron chi connectivity index (χ2n) is 9.45. The molecule has 4 rings (SSSR count). The lowest BCUT2D eigenvalue weighted by Gasteiger charge is -2.49. The van der Waals surface area contributed by atoms with Gasteiger partial charge in [0.2, 0.25) is 0 Å². The van der Waals surface area contributed by atoms with Gasteiger partial charge in [-0.15, -0.1) is 0 Å². The van der Waals surface area contributed by atoms with Crippen LogP contribution in [-0.2, 0) is 15.7 Å². The number of rotatable bonds is 5. The third-order valence-corrected chi connectivity index (χ3v) is 7.08. The van der Waals surface area contributed by atoms with Crippen molar-refractivity contribution in [3.05, 3.63) is 71.8 Å². The lowest BCUT2D eigenvalue weighted by molar-refractivity contribution is 0.00578. The number of hydrogen-bond donors (Lipinski definition) is 0. The topological polar surface area (TPSA) is 18.5 Å². The van der Waals surface area contributed by atoms with Gasteiger partial charge in [0.15, 0.2) is 0 Å². The van der Waals surface area contributed by atoms with Crippen molar-refractivity contribution >= 4 is 7.12 Å². The maximum absolute atomic E-state index is 6.52. The molecule has 0 atom stereocenters. The number of benzene rings is 2. The zero-order chi connectivity index (χ0) is 19.1. The molecule has 1 aliphatic heterocycles. The molecule has 3 heteroatoms. The molecule has 0 unspecified atom stereocenters. The van der Waals surface area contributed by atoms with Crippen molar-refractivity contribution in [2.75, 3.05) is 0 Å². The monoisotopic (exact) mass is 362 g/mol. The highest BCUT2D eigenvalue weighted by Crippen LogP contribution is 2.63. The summed E-state index contributed by atoms with van der Waals surface area (Å²) in [6.45, 7) is 8.63. The summed E-state index contributed by atoms with van der Waals surface area (Å²) in [5.41, 5.74) is 2.31. The summed E-state index contributed by atoms with van der Waals surface area (Å²) in [5.74, 6) is 0.612. The van der Waals surface area contributed by atoms with E-state index >= 15 is 0 Å². The van der Waals surface area contributed by atoms with E-state index < -0.39 is 0 Å². The van der Waals surface area contributed by atoms with Crippen LogP contribution in [0.25, 0.3) is 0 Å². The van der Waals surface area contributed by atoms with Gasteiger partial charge in [0, 0.05) is 5.31 Å². The van der Waals surface area contributed by atoms with E-state index in [4.69, 9.17) is 9.31 Å². The first-order valence-corrected chi connectivity index (χ1v) is 10.3. The van der Waals surface area contributed by atoms with Crippen LogP contribution >= 0.6 is 0 Å². The summed E-state index contributed by atoms with van der Waals surface area (Å²) in [7, 11) is -0.119. The molecule has 0 radical (unpaired) electrons. The summed E-state index contributed by atoms with van der Waals surface area (Å²) >= 11 is 0. The van der Waals surface area contributed by atoms with Gasteiger partial charge in [0.25, 0.3) is 0 Å². The van der Waals surface area contributed by atoms with Crippen LogP contribution < -0.4 is 0 Å². The summed E-state index contributed by atoms with van der Waals surface area (Å²) < 4.78 is 13.0. The minimum atomic E-state index is -0.269. The fourth-order valence-corrected chi connectivity index (χ4v) is 4.53. The molecule has 2 aliphatic rings. The highest BCUT2D eigenvalue weighted by Gasteiger charge is 2.63. The Balaban J connectivity index is 1.54. The van der Waals surface area contributed by atoms with E-state index in [2.05, 4.69) is 88.4 Å². The predicted molar refractivity (Wildman–Crippen MR) is 112 cm³/mol. The van der Waals surface area contributed by atoms with Crippen LogP contribution in [0.15, 0.2) is 60.7 Å². The molecular formula is C24H31BO2. The lowest BCUT2D eigenvalue weighted by Crippen LogP contribution is -2.45. The third kappa shape index (κ3) is 3.48. The Hall–Kier alpha value is -1.58. The SMILES string of the molecule is CC1(C)OB(C2(CCc3ccccc3)CC(c3ccccc3)C2)OC1(C)C. The van der Waals surface area contributed by atoms with Crippen LogP contribution in [0.5, 0.6) is 0 Å². The highest BCUT2D eigenvalue weighted by atomic mass is 16.7. The van der Waals surface area contributed by atoms with Crippen LogP contribution in [0.2, 0.25) is 5.31 Å². The largest absolute Gasteiger partial charge is 0.464 e. The Morgan fingerprint density at radius 1 is 0.815 bits per heavy atom. The minimum Gasteiger partial charge on any atom is -0.403 e. The van der Waals surface area contributed by atoms with Crippen molar-refractivity contribution in [1.29, 1.82) is 0 Å². The summed E-state index contributed by atoms with van der Waals surface area (Å²) in [6.07, 6.45) is 4.46. The first kappa shape index (κ1) is 18.8. The van der Waals surface area contributed by atoms with Gasteiger partial charge in [-0.3, -0.25) is 0 Å². The molecule has 0 bridgehead atoms. The zero-order valence-electron chi connectivity index (χ0n) is 17.1. The Labute approximate surface area is 164 Å². The molecule has 2 fully saturated rings. The normalized spacial score (nSPS) is 28.7. The lowest BCUT2D eigenvalue weighted by atomic mass is 9.41. The fraction of sp³-hybridized carbons (Fsp3) is 0.500. The average Bonchev–Trinajstić information content (AvgIpc) is 2.83. The molecule has 2 nitrogen and oxygen atoms in total. The van der Waals surface area contributed by atoms with Gasteiger partial charge in [0.1, 0.15) is 0 Å². The molecule has 0 aromatic heterocycles. The molecule has 0 N–H and O–H groups in total. The summed E-state index contributed by atoms with van der Waals surface area (Å²) in [6, 6.07) is 21.7. The first-order valence-electron chi connectivity index (χ1n) is 10.3. The third-order valence-electron chi connectivity index (χ3n) is 7.08. The van der Waals surface area contributed by atoms with Gasteiger partial charge in [-0.25, -0.2) is 0 Å². The quantitative estimate of drug-likeness (QED) is 0.605. The molecule has 2 aromatic carbocycles. The van der Waals surface area contributed by atoms with E-state index in [0.29, 0.717) is 5.92 Å². The molecular weight excluding hydrogens is 331 g/mol. The van der Waals surface area contributed by atoms with Crippen molar-refractivity contribution in [2.24, 2.45) is 0 Å². The predicted octanol–water partition coefficient (Wildman–Crippen LogP) is 6.03. The van der Waals surface area contributed by atoms with E-state index in [1.165, 1.54) is 11.1 Å². The van der Waals surface area contributed by atoms with Gasteiger partial charge in [-0.2, -0.15) is 0 Å². The molecule has 142 valence electrons. The van der Waals surface area contributed by atoms with E-state index in [9.17, 15) is 0 Å². The zero-order valence-corrected chi connectivity index (χ0v) is 17.1. The molecule has 1 saturated heterocycles. The van der Waals surface area contributed by atoms with E-state index in [-0.39, 0.29) is 23.6 Å². The maximum Gasteiger partial charge on any atom is 0.464 e. The van der Waals surface area contributed by atoms with Crippen LogP contribution in [0.1, 0.15) is 64.0 Å². The first-order chi connectivity index (χ1) is 12.8. The number of aryl methyl sites for hydroxylation is 1. The van der Waals surface area contributed by atoms with Crippen LogP contribution in [0.4, 0.5) is 0 Å². The van der Waals surface area contributed by atoms with Crippen LogP contribution in [0, 0.1) is 0 Å². The Morgan fingerprint density at radius 2 is 1.33 bits per heavy atom. The minimum absolute atomic E-state index is 0.0986.